The molecule has 0 fully saturated rings. The van der Waals surface area contributed by atoms with Gasteiger partial charge in [-0.2, -0.15) is 0 Å². The molecule has 0 rings (SSSR count). The number of thiol groups is 1. The molecule has 0 aliphatic carbocycles. The summed E-state index contributed by atoms with van der Waals surface area (Å²) in [5.41, 5.74) is -2.38. The zero-order valence-corrected chi connectivity index (χ0v) is 13.0. The van der Waals surface area contributed by atoms with Crippen molar-refractivity contribution in [2.75, 3.05) is 0 Å². The zero-order chi connectivity index (χ0) is 12.2. The van der Waals surface area contributed by atoms with Gasteiger partial charge in [0.05, 0.1) is 12.2 Å². The molecular formula is C10H23O2PS2. The van der Waals surface area contributed by atoms with Crippen LogP contribution in [-0.4, -0.2) is 12.2 Å². The molecule has 0 amide bonds. The van der Waals surface area contributed by atoms with Crippen LogP contribution in [0.15, 0.2) is 0 Å². The van der Waals surface area contributed by atoms with Crippen LogP contribution in [-0.2, 0) is 20.9 Å². The van der Waals surface area contributed by atoms with E-state index in [9.17, 15) is 0 Å². The summed E-state index contributed by atoms with van der Waals surface area (Å²) in [4.78, 5) is 0. The van der Waals surface area contributed by atoms with E-state index in [1.54, 1.807) is 0 Å². The quantitative estimate of drug-likeness (QED) is 0.574. The minimum atomic E-state index is -2.38. The fourth-order valence-corrected chi connectivity index (χ4v) is 3.77. The molecule has 2 nitrogen and oxygen atoms in total. The van der Waals surface area contributed by atoms with Crippen molar-refractivity contribution in [3.63, 3.8) is 0 Å². The third kappa shape index (κ3) is 6.96. The van der Waals surface area contributed by atoms with Crippen LogP contribution in [0.2, 0.25) is 0 Å². The molecule has 0 bridgehead atoms. The summed E-state index contributed by atoms with van der Waals surface area (Å²) in [6.45, 7) is 12.4. The Bertz CT molecular complexity index is 211. The van der Waals surface area contributed by atoms with Gasteiger partial charge in [0.15, 0.2) is 0 Å². The highest BCUT2D eigenvalue weighted by Gasteiger charge is 2.23. The Labute approximate surface area is 104 Å². The van der Waals surface area contributed by atoms with Crippen molar-refractivity contribution < 1.29 is 9.05 Å². The summed E-state index contributed by atoms with van der Waals surface area (Å²) in [5, 5.41) is 0. The van der Waals surface area contributed by atoms with Crippen LogP contribution in [0.25, 0.3) is 0 Å². The zero-order valence-electron chi connectivity index (χ0n) is 10.4. The topological polar surface area (TPSA) is 18.5 Å². The van der Waals surface area contributed by atoms with Gasteiger partial charge >= 0.3 is 0 Å². The van der Waals surface area contributed by atoms with Crippen LogP contribution >= 0.6 is 17.9 Å². The van der Waals surface area contributed by atoms with Crippen molar-refractivity contribution >= 4 is 29.7 Å². The van der Waals surface area contributed by atoms with Gasteiger partial charge in [-0.25, -0.2) is 0 Å². The van der Waals surface area contributed by atoms with Gasteiger partial charge in [0.25, 0.3) is 0 Å². The van der Waals surface area contributed by atoms with Gasteiger partial charge in [0.1, 0.15) is 0 Å². The highest BCUT2D eigenvalue weighted by molar-refractivity contribution is 8.60. The van der Waals surface area contributed by atoms with Crippen molar-refractivity contribution in [3.8, 4) is 0 Å². The van der Waals surface area contributed by atoms with Gasteiger partial charge in [0.2, 0.25) is 5.69 Å². The van der Waals surface area contributed by atoms with E-state index in [1.807, 2.05) is 13.8 Å². The molecule has 0 aromatic carbocycles. The van der Waals surface area contributed by atoms with Gasteiger partial charge in [-0.1, -0.05) is 39.9 Å². The first-order valence-electron chi connectivity index (χ1n) is 5.35. The minimum Gasteiger partial charge on any atom is -0.319 e. The third-order valence-corrected chi connectivity index (χ3v) is 4.76. The summed E-state index contributed by atoms with van der Waals surface area (Å²) in [6.07, 6.45) is 0.181. The summed E-state index contributed by atoms with van der Waals surface area (Å²) in [7, 11) is 0. The van der Waals surface area contributed by atoms with Gasteiger partial charge in [-0.3, -0.25) is 0 Å². The van der Waals surface area contributed by atoms with Crippen molar-refractivity contribution in [2.24, 2.45) is 11.8 Å². The average molecular weight is 270 g/mol. The number of hydrogen-bond acceptors (Lipinski definition) is 3. The van der Waals surface area contributed by atoms with Crippen LogP contribution in [0.4, 0.5) is 0 Å². The summed E-state index contributed by atoms with van der Waals surface area (Å²) < 4.78 is 11.4. The molecule has 0 aliphatic rings. The second kappa shape index (κ2) is 6.61. The van der Waals surface area contributed by atoms with E-state index in [2.05, 4.69) is 39.9 Å². The maximum atomic E-state index is 5.69. The molecule has 92 valence electrons. The lowest BCUT2D eigenvalue weighted by molar-refractivity contribution is 0.122. The minimum absolute atomic E-state index is 0.0905. The first-order valence-corrected chi connectivity index (χ1v) is 9.14. The molecule has 15 heavy (non-hydrogen) atoms. The summed E-state index contributed by atoms with van der Waals surface area (Å²) in [5.74, 6) is 0.856. The van der Waals surface area contributed by atoms with Crippen molar-refractivity contribution in [1.82, 2.24) is 0 Å². The highest BCUT2D eigenvalue weighted by atomic mass is 32.9. The van der Waals surface area contributed by atoms with Gasteiger partial charge in [0, 0.05) is 0 Å². The van der Waals surface area contributed by atoms with Crippen molar-refractivity contribution in [3.05, 3.63) is 0 Å². The van der Waals surface area contributed by atoms with E-state index in [4.69, 9.17) is 20.9 Å². The maximum absolute atomic E-state index is 5.69. The molecule has 0 aromatic rings. The van der Waals surface area contributed by atoms with Gasteiger partial charge in [-0.05, 0) is 37.5 Å². The lowest BCUT2D eigenvalue weighted by Gasteiger charge is -2.27. The van der Waals surface area contributed by atoms with Crippen LogP contribution in [0.3, 0.4) is 0 Å². The monoisotopic (exact) mass is 270 g/mol. The Morgan fingerprint density at radius 2 is 1.13 bits per heavy atom. The fraction of sp³-hybridized carbons (Fsp3) is 1.00. The lowest BCUT2D eigenvalue weighted by atomic mass is 10.1. The fourth-order valence-electron chi connectivity index (χ4n) is 0.689. The van der Waals surface area contributed by atoms with Crippen LogP contribution in [0, 0.1) is 11.8 Å². The molecule has 0 aromatic heterocycles. The molecule has 0 radical (unpaired) electrons. The molecule has 0 N–H and O–H groups in total. The smallest absolute Gasteiger partial charge is 0.244 e. The lowest BCUT2D eigenvalue weighted by Crippen LogP contribution is -2.17. The SMILES string of the molecule is CC(C)C(C)OP(=S)(S)OC(C)C(C)C. The normalized spacial score (nSPS) is 20.3. The summed E-state index contributed by atoms with van der Waals surface area (Å²) in [6, 6.07) is 0. The molecular weight excluding hydrogens is 247 g/mol. The summed E-state index contributed by atoms with van der Waals surface area (Å²) >= 11 is 9.60. The Morgan fingerprint density at radius 1 is 0.867 bits per heavy atom. The molecule has 0 saturated carbocycles. The molecule has 2 unspecified atom stereocenters. The highest BCUT2D eigenvalue weighted by Crippen LogP contribution is 2.56. The van der Waals surface area contributed by atoms with Gasteiger partial charge < -0.3 is 9.05 Å². The molecule has 0 saturated heterocycles. The van der Waals surface area contributed by atoms with Crippen LogP contribution in [0.5, 0.6) is 0 Å². The van der Waals surface area contributed by atoms with E-state index >= 15 is 0 Å². The van der Waals surface area contributed by atoms with E-state index in [0.29, 0.717) is 11.8 Å². The predicted molar refractivity (Wildman–Crippen MR) is 74.0 cm³/mol. The van der Waals surface area contributed by atoms with E-state index in [-0.39, 0.29) is 12.2 Å². The van der Waals surface area contributed by atoms with Crippen LogP contribution in [0.1, 0.15) is 41.5 Å². The third-order valence-electron chi connectivity index (χ3n) is 2.48. The standard InChI is InChI=1S/C10H23O2PS2/c1-7(2)9(5)11-13(14,15)12-10(6)8(3)4/h7-10H,1-6H3,(H,14,15). The maximum Gasteiger partial charge on any atom is 0.244 e. The Morgan fingerprint density at radius 3 is 1.33 bits per heavy atom. The van der Waals surface area contributed by atoms with E-state index in [0.717, 1.165) is 0 Å². The Balaban J connectivity index is 4.25. The number of hydrogen-bond donors (Lipinski definition) is 1. The average Bonchev–Trinajstić information content (AvgIpc) is 2.01. The van der Waals surface area contributed by atoms with Crippen molar-refractivity contribution in [2.45, 2.75) is 53.8 Å². The molecule has 0 aliphatic heterocycles. The largest absolute Gasteiger partial charge is 0.319 e. The number of rotatable bonds is 6. The first-order chi connectivity index (χ1) is 6.65. The first kappa shape index (κ1) is 15.9. The predicted octanol–water partition coefficient (Wildman–Crippen LogP) is 4.26. The Kier molecular flexibility index (Phi) is 7.01. The van der Waals surface area contributed by atoms with Crippen LogP contribution < -0.4 is 0 Å². The van der Waals surface area contributed by atoms with Crippen molar-refractivity contribution in [1.29, 1.82) is 0 Å². The van der Waals surface area contributed by atoms with E-state index < -0.39 is 5.69 Å². The molecule has 5 heteroatoms. The van der Waals surface area contributed by atoms with E-state index in [1.165, 1.54) is 0 Å². The van der Waals surface area contributed by atoms with Gasteiger partial charge in [-0.15, -0.1) is 0 Å². The Hall–Kier alpha value is 0.920. The molecule has 2 atom stereocenters. The second-order valence-corrected chi connectivity index (χ2v) is 9.77. The molecule has 0 spiro atoms. The molecule has 0 heterocycles. The second-order valence-electron chi connectivity index (χ2n) is 4.58.